The first-order valence-electron chi connectivity index (χ1n) is 13.5. The molecule has 3 rings (SSSR count). The predicted molar refractivity (Wildman–Crippen MR) is 142 cm³/mol. The van der Waals surface area contributed by atoms with Crippen LogP contribution in [-0.2, 0) is 13.6 Å². The third-order valence-corrected chi connectivity index (χ3v) is 10.0. The summed E-state index contributed by atoms with van der Waals surface area (Å²) in [5.74, 6) is 1.26. The Morgan fingerprint density at radius 2 is 1.32 bits per heavy atom. The van der Waals surface area contributed by atoms with E-state index in [1.807, 2.05) is 36.4 Å². The third-order valence-electron chi connectivity index (χ3n) is 8.07. The van der Waals surface area contributed by atoms with Gasteiger partial charge in [-0.3, -0.25) is 4.57 Å². The monoisotopic (exact) mass is 490 g/mol. The summed E-state index contributed by atoms with van der Waals surface area (Å²) in [4.78, 5) is 0. The molecule has 2 saturated carbocycles. The van der Waals surface area contributed by atoms with E-state index >= 15 is 0 Å². The van der Waals surface area contributed by atoms with Crippen LogP contribution in [0.5, 0.6) is 0 Å². The lowest BCUT2D eigenvalue weighted by atomic mass is 9.75. The van der Waals surface area contributed by atoms with Crippen molar-refractivity contribution in [2.45, 2.75) is 98.1 Å². The van der Waals surface area contributed by atoms with E-state index in [4.69, 9.17) is 9.05 Å². The van der Waals surface area contributed by atoms with Crippen LogP contribution in [-0.4, -0.2) is 23.2 Å². The molecule has 34 heavy (non-hydrogen) atoms. The Kier molecular flexibility index (Phi) is 10.0. The summed E-state index contributed by atoms with van der Waals surface area (Å²) in [5.41, 5.74) is 0.950. The van der Waals surface area contributed by atoms with Crippen LogP contribution in [0.15, 0.2) is 36.4 Å². The zero-order valence-electron chi connectivity index (χ0n) is 22.1. The summed E-state index contributed by atoms with van der Waals surface area (Å²) >= 11 is 0. The highest BCUT2D eigenvalue weighted by Crippen LogP contribution is 2.59. The maximum absolute atomic E-state index is 14.5. The van der Waals surface area contributed by atoms with Gasteiger partial charge in [-0.2, -0.15) is 0 Å². The molecule has 2 fully saturated rings. The molecule has 2 aliphatic rings. The molecular weight excluding hydrogens is 443 g/mol. The van der Waals surface area contributed by atoms with Gasteiger partial charge in [0.2, 0.25) is 0 Å². The van der Waals surface area contributed by atoms with Crippen LogP contribution >= 0.6 is 7.60 Å². The predicted octanol–water partition coefficient (Wildman–Crippen LogP) is 8.17. The van der Waals surface area contributed by atoms with Crippen molar-refractivity contribution in [3.8, 4) is 0 Å². The highest BCUT2D eigenvalue weighted by atomic mass is 31.2. The van der Waals surface area contributed by atoms with Gasteiger partial charge in [0.15, 0.2) is 5.85 Å². The molecule has 0 bridgehead atoms. The molecule has 1 aromatic carbocycles. The Labute approximate surface area is 208 Å². The lowest BCUT2D eigenvalue weighted by Crippen LogP contribution is -2.37. The molecule has 1 aromatic rings. The molecule has 0 aliphatic heterocycles. The van der Waals surface area contributed by atoms with E-state index in [2.05, 4.69) is 41.5 Å². The van der Waals surface area contributed by atoms with Crippen LogP contribution in [0, 0.1) is 35.5 Å². The molecule has 0 unspecified atom stereocenters. The van der Waals surface area contributed by atoms with E-state index in [1.165, 1.54) is 12.8 Å². The molecule has 0 saturated heterocycles. The van der Waals surface area contributed by atoms with Gasteiger partial charge < -0.3 is 14.2 Å². The largest absolute Gasteiger partial charge is 0.377 e. The average Bonchev–Trinajstić information content (AvgIpc) is 2.77. The standard InChI is InChI=1S/C29H47O4P/c1-20(2)25-15-12-22(5)18-27(25)32-34(31,29(30)17-14-24-10-8-7-9-11-24)33-28-19-23(6)13-16-26(28)21(3)4/h7-11,14,17,20-23,25-30H,12-13,15-16,18-19H2,1-6H3/b17-14+/t22-,23-,25+,26+,27+,28+,29-/m0/s1. The van der Waals surface area contributed by atoms with E-state index in [9.17, 15) is 9.67 Å². The number of benzene rings is 1. The van der Waals surface area contributed by atoms with Gasteiger partial charge in [-0.25, -0.2) is 0 Å². The smallest absolute Gasteiger partial charge is 0.363 e. The molecule has 192 valence electrons. The van der Waals surface area contributed by atoms with Crippen LogP contribution in [0.3, 0.4) is 0 Å². The van der Waals surface area contributed by atoms with E-state index in [0.717, 1.165) is 31.2 Å². The molecule has 7 atom stereocenters. The minimum Gasteiger partial charge on any atom is -0.377 e. The fraction of sp³-hybridized carbons (Fsp3) is 0.724. The van der Waals surface area contributed by atoms with Crippen molar-refractivity contribution in [1.29, 1.82) is 0 Å². The maximum atomic E-state index is 14.5. The molecule has 0 amide bonds. The summed E-state index contributed by atoms with van der Waals surface area (Å²) in [6.07, 6.45) is 9.28. The Bertz CT molecular complexity index is 783. The number of hydrogen-bond donors (Lipinski definition) is 1. The number of aliphatic hydroxyl groups excluding tert-OH is 1. The van der Waals surface area contributed by atoms with Gasteiger partial charge in [0.05, 0.1) is 12.2 Å². The van der Waals surface area contributed by atoms with Crippen molar-refractivity contribution in [2.75, 3.05) is 0 Å². The normalized spacial score (nSPS) is 31.9. The summed E-state index contributed by atoms with van der Waals surface area (Å²) in [6, 6.07) is 9.78. The Morgan fingerprint density at radius 3 is 1.76 bits per heavy atom. The van der Waals surface area contributed by atoms with Gasteiger partial charge in [0.25, 0.3) is 0 Å². The molecule has 0 aromatic heterocycles. The van der Waals surface area contributed by atoms with Crippen molar-refractivity contribution in [3.05, 3.63) is 42.0 Å². The fourth-order valence-corrected chi connectivity index (χ4v) is 7.70. The average molecular weight is 491 g/mol. The van der Waals surface area contributed by atoms with Crippen LogP contribution < -0.4 is 0 Å². The molecule has 0 radical (unpaired) electrons. The Morgan fingerprint density at radius 1 is 0.853 bits per heavy atom. The first-order valence-corrected chi connectivity index (χ1v) is 15.1. The summed E-state index contributed by atoms with van der Waals surface area (Å²) in [7, 11) is -3.82. The molecule has 2 aliphatic carbocycles. The first-order chi connectivity index (χ1) is 16.1. The zero-order chi connectivity index (χ0) is 24.9. The number of aliphatic hydroxyl groups is 1. The molecule has 0 spiro atoms. The van der Waals surface area contributed by atoms with Gasteiger partial charge in [0.1, 0.15) is 0 Å². The van der Waals surface area contributed by atoms with Crippen molar-refractivity contribution in [1.82, 2.24) is 0 Å². The Hall–Kier alpha value is -0.930. The first kappa shape index (κ1) is 27.7. The van der Waals surface area contributed by atoms with Crippen molar-refractivity contribution in [3.63, 3.8) is 0 Å². The van der Waals surface area contributed by atoms with Crippen LogP contribution in [0.25, 0.3) is 6.08 Å². The molecule has 0 heterocycles. The van der Waals surface area contributed by atoms with Crippen LogP contribution in [0.1, 0.15) is 85.6 Å². The minimum absolute atomic E-state index is 0.159. The molecule has 1 N–H and O–H groups in total. The van der Waals surface area contributed by atoms with Crippen LogP contribution in [0.2, 0.25) is 0 Å². The van der Waals surface area contributed by atoms with Gasteiger partial charge in [-0.1, -0.05) is 90.8 Å². The van der Waals surface area contributed by atoms with Crippen molar-refractivity contribution >= 4 is 13.7 Å². The fourth-order valence-electron chi connectivity index (χ4n) is 5.87. The van der Waals surface area contributed by atoms with Crippen LogP contribution in [0.4, 0.5) is 0 Å². The second kappa shape index (κ2) is 12.3. The van der Waals surface area contributed by atoms with E-state index in [1.54, 1.807) is 6.08 Å². The SMILES string of the molecule is CC(C)[C@H]1CC[C@H](C)C[C@H]1OP(=O)(O[C@@H]1C[C@@H](C)CC[C@@H]1C(C)C)[C@H](O)/C=C/c1ccccc1. The highest BCUT2D eigenvalue weighted by molar-refractivity contribution is 7.54. The second-order valence-corrected chi connectivity index (χ2v) is 13.7. The minimum atomic E-state index is -3.82. The maximum Gasteiger partial charge on any atom is 0.363 e. The lowest BCUT2D eigenvalue weighted by Gasteiger charge is -2.42. The van der Waals surface area contributed by atoms with Crippen molar-refractivity contribution in [2.24, 2.45) is 35.5 Å². The highest BCUT2D eigenvalue weighted by Gasteiger charge is 2.45. The lowest BCUT2D eigenvalue weighted by molar-refractivity contribution is -0.0121. The number of rotatable bonds is 9. The van der Waals surface area contributed by atoms with Gasteiger partial charge in [0, 0.05) is 0 Å². The molecular formula is C29H47O4P. The second-order valence-electron chi connectivity index (χ2n) is 11.7. The van der Waals surface area contributed by atoms with E-state index in [-0.39, 0.29) is 12.2 Å². The Balaban J connectivity index is 1.89. The number of hydrogen-bond acceptors (Lipinski definition) is 4. The summed E-state index contributed by atoms with van der Waals surface area (Å²) in [5, 5.41) is 11.3. The molecule has 5 heteroatoms. The quantitative estimate of drug-likeness (QED) is 0.355. The van der Waals surface area contributed by atoms with E-state index in [0.29, 0.717) is 35.5 Å². The topological polar surface area (TPSA) is 55.8 Å². The third kappa shape index (κ3) is 7.29. The zero-order valence-corrected chi connectivity index (χ0v) is 23.0. The molecule has 4 nitrogen and oxygen atoms in total. The van der Waals surface area contributed by atoms with Crippen molar-refractivity contribution < 1.29 is 18.7 Å². The summed E-state index contributed by atoms with van der Waals surface area (Å²) < 4.78 is 27.4. The van der Waals surface area contributed by atoms with E-state index < -0.39 is 13.4 Å². The van der Waals surface area contributed by atoms with Gasteiger partial charge >= 0.3 is 7.60 Å². The van der Waals surface area contributed by atoms with Gasteiger partial charge in [-0.15, -0.1) is 0 Å². The summed E-state index contributed by atoms with van der Waals surface area (Å²) in [6.45, 7) is 13.3. The van der Waals surface area contributed by atoms with Gasteiger partial charge in [-0.05, 0) is 72.8 Å².